The third-order valence-corrected chi connectivity index (χ3v) is 2.03. The highest BCUT2D eigenvalue weighted by molar-refractivity contribution is 5.72. The summed E-state index contributed by atoms with van der Waals surface area (Å²) in [4.78, 5) is 27.0. The van der Waals surface area contributed by atoms with Gasteiger partial charge in [-0.25, -0.2) is 4.98 Å². The van der Waals surface area contributed by atoms with E-state index >= 15 is 0 Å². The Balaban J connectivity index is 2.94. The number of hydrogen-bond donors (Lipinski definition) is 0. The molecule has 1 aromatic heterocycles. The highest BCUT2D eigenvalue weighted by atomic mass is 16.6. The molecule has 0 unspecified atom stereocenters. The minimum Gasteiger partial charge on any atom is -0.460 e. The molecule has 1 heterocycles. The summed E-state index contributed by atoms with van der Waals surface area (Å²) in [6.45, 7) is 5.26. The molecule has 0 aliphatic rings. The van der Waals surface area contributed by atoms with Crippen molar-refractivity contribution in [2.24, 2.45) is 7.05 Å². The Hall–Kier alpha value is -2.16. The van der Waals surface area contributed by atoms with Gasteiger partial charge in [-0.3, -0.25) is 14.2 Å². The van der Waals surface area contributed by atoms with Crippen molar-refractivity contribution in [3.63, 3.8) is 0 Å². The van der Waals surface area contributed by atoms with Crippen molar-refractivity contribution in [3.05, 3.63) is 27.9 Å². The van der Waals surface area contributed by atoms with E-state index in [1.165, 1.54) is 13.1 Å². The summed E-state index contributed by atoms with van der Waals surface area (Å²) in [6.07, 6.45) is -0.123. The highest BCUT2D eigenvalue weighted by Gasteiger charge is 2.17. The first-order valence-electron chi connectivity index (χ1n) is 5.42. The number of hydrogen-bond acceptors (Lipinski definition) is 5. The van der Waals surface area contributed by atoms with Crippen LogP contribution in [0.15, 0.2) is 10.9 Å². The number of nitrogens with zero attached hydrogens (tertiary/aromatic N) is 3. The van der Waals surface area contributed by atoms with Gasteiger partial charge in [0.05, 0.1) is 12.1 Å². The largest absolute Gasteiger partial charge is 0.460 e. The van der Waals surface area contributed by atoms with Crippen molar-refractivity contribution >= 4 is 5.97 Å². The Labute approximate surface area is 105 Å². The van der Waals surface area contributed by atoms with E-state index in [1.54, 1.807) is 26.8 Å². The fraction of sp³-hybridized carbons (Fsp3) is 0.500. The SMILES string of the molecule is Cn1c(C#N)nc(CC(=O)OC(C)(C)C)cc1=O. The Morgan fingerprint density at radius 2 is 2.17 bits per heavy atom. The second-order valence-corrected chi connectivity index (χ2v) is 4.84. The molecule has 0 fully saturated rings. The van der Waals surface area contributed by atoms with Gasteiger partial charge in [-0.2, -0.15) is 5.26 Å². The van der Waals surface area contributed by atoms with Gasteiger partial charge in [-0.05, 0) is 20.8 Å². The molecule has 1 rings (SSSR count). The zero-order valence-electron chi connectivity index (χ0n) is 10.9. The van der Waals surface area contributed by atoms with Crippen LogP contribution in [0.4, 0.5) is 0 Å². The summed E-state index contributed by atoms with van der Waals surface area (Å²) in [7, 11) is 1.45. The van der Waals surface area contributed by atoms with Gasteiger partial charge in [-0.15, -0.1) is 0 Å². The van der Waals surface area contributed by atoms with Gasteiger partial charge in [0.15, 0.2) is 0 Å². The molecule has 0 aliphatic heterocycles. The molecule has 0 saturated heterocycles. The second-order valence-electron chi connectivity index (χ2n) is 4.84. The van der Waals surface area contributed by atoms with Gasteiger partial charge in [0.1, 0.15) is 11.7 Å². The Morgan fingerprint density at radius 1 is 1.56 bits per heavy atom. The van der Waals surface area contributed by atoms with Crippen LogP contribution in [0.25, 0.3) is 0 Å². The average molecular weight is 249 g/mol. The molecule has 6 heteroatoms. The lowest BCUT2D eigenvalue weighted by atomic mass is 10.2. The van der Waals surface area contributed by atoms with Crippen LogP contribution in [-0.2, 0) is 23.0 Å². The number of esters is 1. The molecular formula is C12H15N3O3. The molecule has 0 N–H and O–H groups in total. The number of ether oxygens (including phenoxy) is 1. The zero-order valence-corrected chi connectivity index (χ0v) is 10.9. The predicted octanol–water partition coefficient (Wildman–Crippen LogP) is 0.536. The highest BCUT2D eigenvalue weighted by Crippen LogP contribution is 2.08. The van der Waals surface area contributed by atoms with Gasteiger partial charge in [0.25, 0.3) is 5.56 Å². The van der Waals surface area contributed by atoms with Crippen LogP contribution in [0.3, 0.4) is 0 Å². The topological polar surface area (TPSA) is 85.0 Å². The van der Waals surface area contributed by atoms with E-state index in [0.29, 0.717) is 0 Å². The number of carbonyl (C=O) groups excluding carboxylic acids is 1. The summed E-state index contributed by atoms with van der Waals surface area (Å²) < 4.78 is 6.24. The van der Waals surface area contributed by atoms with E-state index in [0.717, 1.165) is 4.57 Å². The lowest BCUT2D eigenvalue weighted by Gasteiger charge is -2.19. The van der Waals surface area contributed by atoms with Crippen molar-refractivity contribution in [1.29, 1.82) is 5.26 Å². The Bertz CT molecular complexity index is 561. The van der Waals surface area contributed by atoms with Gasteiger partial charge < -0.3 is 4.74 Å². The molecule has 0 saturated carbocycles. The lowest BCUT2D eigenvalue weighted by molar-refractivity contribution is -0.154. The van der Waals surface area contributed by atoms with Crippen LogP contribution >= 0.6 is 0 Å². The molecule has 0 atom stereocenters. The van der Waals surface area contributed by atoms with Crippen LogP contribution in [0.2, 0.25) is 0 Å². The summed E-state index contributed by atoms with van der Waals surface area (Å²) in [5.74, 6) is -0.506. The molecule has 0 aliphatic carbocycles. The first kappa shape index (κ1) is 13.9. The number of carbonyl (C=O) groups is 1. The number of nitriles is 1. The van der Waals surface area contributed by atoms with Gasteiger partial charge >= 0.3 is 5.97 Å². The summed E-state index contributed by atoms with van der Waals surface area (Å²) >= 11 is 0. The zero-order chi connectivity index (χ0) is 13.9. The van der Waals surface area contributed by atoms with E-state index in [2.05, 4.69) is 4.98 Å². The minimum absolute atomic E-state index is 0.0268. The maximum Gasteiger partial charge on any atom is 0.312 e. The fourth-order valence-electron chi connectivity index (χ4n) is 1.30. The molecule has 1 aromatic rings. The minimum atomic E-state index is -0.588. The lowest BCUT2D eigenvalue weighted by Crippen LogP contribution is -2.27. The fourth-order valence-corrected chi connectivity index (χ4v) is 1.30. The second kappa shape index (κ2) is 5.00. The molecule has 0 amide bonds. The molecule has 0 bridgehead atoms. The predicted molar refractivity (Wildman–Crippen MR) is 63.7 cm³/mol. The van der Waals surface area contributed by atoms with E-state index < -0.39 is 11.6 Å². The third kappa shape index (κ3) is 3.70. The average Bonchev–Trinajstić information content (AvgIpc) is 2.20. The first-order chi connectivity index (χ1) is 8.23. The molecule has 0 radical (unpaired) electrons. The quantitative estimate of drug-likeness (QED) is 0.714. The smallest absolute Gasteiger partial charge is 0.312 e. The Kier molecular flexibility index (Phi) is 3.86. The maximum absolute atomic E-state index is 11.6. The van der Waals surface area contributed by atoms with Crippen molar-refractivity contribution in [2.75, 3.05) is 0 Å². The van der Waals surface area contributed by atoms with Crippen molar-refractivity contribution in [2.45, 2.75) is 32.8 Å². The molecule has 96 valence electrons. The van der Waals surface area contributed by atoms with E-state index in [1.807, 2.05) is 0 Å². The number of rotatable bonds is 2. The maximum atomic E-state index is 11.6. The van der Waals surface area contributed by atoms with Crippen LogP contribution in [0, 0.1) is 11.3 Å². The van der Waals surface area contributed by atoms with Crippen molar-refractivity contribution < 1.29 is 9.53 Å². The summed E-state index contributed by atoms with van der Waals surface area (Å²) in [6, 6.07) is 3.02. The first-order valence-corrected chi connectivity index (χ1v) is 5.42. The van der Waals surface area contributed by atoms with E-state index in [-0.39, 0.29) is 23.5 Å². The normalized spacial score (nSPS) is 10.8. The van der Waals surface area contributed by atoms with Gasteiger partial charge in [0.2, 0.25) is 5.82 Å². The number of aromatic nitrogens is 2. The molecule has 18 heavy (non-hydrogen) atoms. The van der Waals surface area contributed by atoms with Crippen LogP contribution in [0.1, 0.15) is 32.3 Å². The molecule has 0 aromatic carbocycles. The van der Waals surface area contributed by atoms with Crippen LogP contribution in [0.5, 0.6) is 0 Å². The monoisotopic (exact) mass is 249 g/mol. The molecule has 6 nitrogen and oxygen atoms in total. The summed E-state index contributed by atoms with van der Waals surface area (Å²) in [5, 5.41) is 8.80. The van der Waals surface area contributed by atoms with Gasteiger partial charge in [-0.1, -0.05) is 0 Å². The van der Waals surface area contributed by atoms with Crippen LogP contribution < -0.4 is 5.56 Å². The van der Waals surface area contributed by atoms with E-state index in [9.17, 15) is 9.59 Å². The Morgan fingerprint density at radius 3 is 2.67 bits per heavy atom. The van der Waals surface area contributed by atoms with Crippen LogP contribution in [-0.4, -0.2) is 21.1 Å². The van der Waals surface area contributed by atoms with Crippen molar-refractivity contribution in [3.8, 4) is 6.07 Å². The molecular weight excluding hydrogens is 234 g/mol. The molecule has 0 spiro atoms. The van der Waals surface area contributed by atoms with Crippen molar-refractivity contribution in [1.82, 2.24) is 9.55 Å². The van der Waals surface area contributed by atoms with Gasteiger partial charge in [0, 0.05) is 13.1 Å². The third-order valence-electron chi connectivity index (χ3n) is 2.03. The van der Waals surface area contributed by atoms with E-state index in [4.69, 9.17) is 10.00 Å². The summed E-state index contributed by atoms with van der Waals surface area (Å²) in [5.41, 5.74) is -0.724. The standard InChI is InChI=1S/C12H15N3O3/c1-12(2,3)18-11(17)6-8-5-10(16)15(4)9(7-13)14-8/h5H,6H2,1-4H3.